The second-order valence-corrected chi connectivity index (χ2v) is 4.94. The maximum Gasteiger partial charge on any atom is 0.418 e. The molecule has 0 bridgehead atoms. The van der Waals surface area contributed by atoms with Crippen molar-refractivity contribution in [3.05, 3.63) is 70.1 Å². The van der Waals surface area contributed by atoms with Gasteiger partial charge in [-0.05, 0) is 18.2 Å². The molecule has 0 radical (unpaired) electrons. The molecule has 0 aliphatic heterocycles. The number of amides is 1. The maximum atomic E-state index is 13.0. The van der Waals surface area contributed by atoms with Gasteiger partial charge in [0.25, 0.3) is 11.5 Å². The number of rotatable bonds is 2. The van der Waals surface area contributed by atoms with Crippen LogP contribution < -0.4 is 10.9 Å². The Hall–Kier alpha value is -3.16. The second-order valence-electron chi connectivity index (χ2n) is 4.94. The Labute approximate surface area is 133 Å². The number of benzene rings is 2. The van der Waals surface area contributed by atoms with Crippen LogP contribution in [0.15, 0.2) is 53.3 Å². The van der Waals surface area contributed by atoms with E-state index in [1.807, 2.05) is 0 Å². The Morgan fingerprint density at radius 3 is 2.33 bits per heavy atom. The lowest BCUT2D eigenvalue weighted by atomic mass is 10.1. The lowest BCUT2D eigenvalue weighted by Crippen LogP contribution is -2.21. The SMILES string of the molecule is O=C(Nc1ccccc1C(F)(F)F)c1n[nH]c(=O)c2ccccc12. The molecule has 5 nitrogen and oxygen atoms in total. The summed E-state index contributed by atoms with van der Waals surface area (Å²) in [6.45, 7) is 0. The summed E-state index contributed by atoms with van der Waals surface area (Å²) in [7, 11) is 0. The molecule has 8 heteroatoms. The van der Waals surface area contributed by atoms with Crippen molar-refractivity contribution in [1.82, 2.24) is 10.2 Å². The molecule has 0 saturated heterocycles. The Bertz CT molecular complexity index is 980. The summed E-state index contributed by atoms with van der Waals surface area (Å²) in [6.07, 6.45) is -4.61. The molecule has 2 aromatic carbocycles. The number of nitrogens with zero attached hydrogens (tertiary/aromatic N) is 1. The standard InChI is InChI=1S/C16H10F3N3O2/c17-16(18,19)11-7-3-4-8-12(11)20-15(24)13-9-5-1-2-6-10(9)14(23)22-21-13/h1-8H,(H,20,24)(H,22,23). The monoisotopic (exact) mass is 333 g/mol. The third-order valence-electron chi connectivity index (χ3n) is 3.39. The molecular weight excluding hydrogens is 323 g/mol. The number of aromatic amines is 1. The zero-order valence-electron chi connectivity index (χ0n) is 12.0. The highest BCUT2D eigenvalue weighted by Crippen LogP contribution is 2.34. The summed E-state index contributed by atoms with van der Waals surface area (Å²) >= 11 is 0. The number of aromatic nitrogens is 2. The molecule has 0 unspecified atom stereocenters. The van der Waals surface area contributed by atoms with Gasteiger partial charge in [-0.2, -0.15) is 18.3 Å². The van der Waals surface area contributed by atoms with Crippen molar-refractivity contribution in [1.29, 1.82) is 0 Å². The topological polar surface area (TPSA) is 74.8 Å². The van der Waals surface area contributed by atoms with Crippen molar-refractivity contribution in [3.63, 3.8) is 0 Å². The van der Waals surface area contributed by atoms with Gasteiger partial charge in [-0.3, -0.25) is 9.59 Å². The van der Waals surface area contributed by atoms with Crippen molar-refractivity contribution in [2.24, 2.45) is 0 Å². The van der Waals surface area contributed by atoms with Crippen molar-refractivity contribution in [3.8, 4) is 0 Å². The van der Waals surface area contributed by atoms with Gasteiger partial charge in [0.15, 0.2) is 5.69 Å². The average Bonchev–Trinajstić information content (AvgIpc) is 2.55. The lowest BCUT2D eigenvalue weighted by Gasteiger charge is -2.13. The summed E-state index contributed by atoms with van der Waals surface area (Å²) in [5.41, 5.74) is -2.00. The number of hydrogen-bond donors (Lipinski definition) is 2. The Balaban J connectivity index is 2.04. The number of carbonyl (C=O) groups is 1. The van der Waals surface area contributed by atoms with Gasteiger partial charge < -0.3 is 5.32 Å². The zero-order chi connectivity index (χ0) is 17.3. The highest BCUT2D eigenvalue weighted by atomic mass is 19.4. The molecular formula is C16H10F3N3O2. The fourth-order valence-electron chi connectivity index (χ4n) is 2.31. The molecule has 0 aliphatic carbocycles. The van der Waals surface area contributed by atoms with Gasteiger partial charge in [0.2, 0.25) is 0 Å². The lowest BCUT2D eigenvalue weighted by molar-refractivity contribution is -0.136. The molecule has 0 spiro atoms. The molecule has 0 atom stereocenters. The number of nitrogens with one attached hydrogen (secondary N) is 2. The van der Waals surface area contributed by atoms with Gasteiger partial charge in [0, 0.05) is 5.39 Å². The number of halogens is 3. The number of fused-ring (bicyclic) bond motifs is 1. The van der Waals surface area contributed by atoms with E-state index < -0.39 is 23.2 Å². The van der Waals surface area contributed by atoms with E-state index in [0.717, 1.165) is 12.1 Å². The molecule has 2 N–H and O–H groups in total. The normalized spacial score (nSPS) is 11.5. The molecule has 3 rings (SSSR count). The van der Waals surface area contributed by atoms with Gasteiger partial charge in [-0.15, -0.1) is 0 Å². The van der Waals surface area contributed by atoms with Crippen molar-refractivity contribution < 1.29 is 18.0 Å². The van der Waals surface area contributed by atoms with Gasteiger partial charge in [0.05, 0.1) is 16.6 Å². The predicted octanol–water partition coefficient (Wildman–Crippen LogP) is 3.19. The largest absolute Gasteiger partial charge is 0.418 e. The minimum Gasteiger partial charge on any atom is -0.320 e. The molecule has 1 amide bonds. The van der Waals surface area contributed by atoms with Crippen LogP contribution in [0.4, 0.5) is 18.9 Å². The molecule has 0 saturated carbocycles. The van der Waals surface area contributed by atoms with E-state index >= 15 is 0 Å². The Kier molecular flexibility index (Phi) is 3.80. The van der Waals surface area contributed by atoms with Crippen LogP contribution in [0.5, 0.6) is 0 Å². The minimum absolute atomic E-state index is 0.165. The summed E-state index contributed by atoms with van der Waals surface area (Å²) in [4.78, 5) is 24.1. The molecule has 1 aromatic heterocycles. The van der Waals surface area contributed by atoms with Crippen molar-refractivity contribution in [2.75, 3.05) is 5.32 Å². The minimum atomic E-state index is -4.61. The third-order valence-corrected chi connectivity index (χ3v) is 3.39. The van der Waals surface area contributed by atoms with Crippen LogP contribution in [0.2, 0.25) is 0 Å². The van der Waals surface area contributed by atoms with E-state index in [1.54, 1.807) is 12.1 Å². The van der Waals surface area contributed by atoms with E-state index in [2.05, 4.69) is 15.5 Å². The number of H-pyrrole nitrogens is 1. The first-order valence-corrected chi connectivity index (χ1v) is 6.83. The van der Waals surface area contributed by atoms with E-state index in [4.69, 9.17) is 0 Å². The number of anilines is 1. The van der Waals surface area contributed by atoms with Crippen molar-refractivity contribution in [2.45, 2.75) is 6.18 Å². The number of carbonyl (C=O) groups excluding carboxylic acids is 1. The van der Waals surface area contributed by atoms with Crippen LogP contribution in [-0.2, 0) is 6.18 Å². The fraction of sp³-hybridized carbons (Fsp3) is 0.0625. The Morgan fingerprint density at radius 1 is 1.00 bits per heavy atom. The average molecular weight is 333 g/mol. The van der Waals surface area contributed by atoms with Crippen LogP contribution in [0.25, 0.3) is 10.8 Å². The molecule has 122 valence electrons. The van der Waals surface area contributed by atoms with E-state index in [0.29, 0.717) is 0 Å². The van der Waals surface area contributed by atoms with Gasteiger partial charge in [-0.1, -0.05) is 30.3 Å². The van der Waals surface area contributed by atoms with Gasteiger partial charge >= 0.3 is 6.18 Å². The summed E-state index contributed by atoms with van der Waals surface area (Å²) < 4.78 is 39.0. The first-order valence-electron chi connectivity index (χ1n) is 6.83. The van der Waals surface area contributed by atoms with Crippen LogP contribution in [0.1, 0.15) is 16.1 Å². The summed E-state index contributed by atoms with van der Waals surface area (Å²) in [5.74, 6) is -0.848. The van der Waals surface area contributed by atoms with E-state index in [1.165, 1.54) is 24.3 Å². The van der Waals surface area contributed by atoms with Gasteiger partial charge in [0.1, 0.15) is 0 Å². The first kappa shape index (κ1) is 15.7. The first-order chi connectivity index (χ1) is 11.4. The van der Waals surface area contributed by atoms with Crippen molar-refractivity contribution >= 4 is 22.4 Å². The number of hydrogen-bond acceptors (Lipinski definition) is 3. The van der Waals surface area contributed by atoms with Crippen LogP contribution in [0.3, 0.4) is 0 Å². The third kappa shape index (κ3) is 2.85. The number of alkyl halides is 3. The highest BCUT2D eigenvalue weighted by molar-refractivity contribution is 6.11. The van der Waals surface area contributed by atoms with Crippen LogP contribution in [0, 0.1) is 0 Å². The van der Waals surface area contributed by atoms with E-state index in [9.17, 15) is 22.8 Å². The molecule has 1 heterocycles. The van der Waals surface area contributed by atoms with Gasteiger partial charge in [-0.25, -0.2) is 5.10 Å². The quantitative estimate of drug-likeness (QED) is 0.756. The predicted molar refractivity (Wildman–Crippen MR) is 81.8 cm³/mol. The Morgan fingerprint density at radius 2 is 1.62 bits per heavy atom. The maximum absolute atomic E-state index is 13.0. The van der Waals surface area contributed by atoms with E-state index in [-0.39, 0.29) is 22.2 Å². The second kappa shape index (κ2) is 5.80. The highest BCUT2D eigenvalue weighted by Gasteiger charge is 2.33. The summed E-state index contributed by atoms with van der Waals surface area (Å²) in [6, 6.07) is 10.8. The number of para-hydroxylation sites is 1. The van der Waals surface area contributed by atoms with Crippen LogP contribution >= 0.6 is 0 Å². The summed E-state index contributed by atoms with van der Waals surface area (Å²) in [5, 5.41) is 8.51. The molecule has 0 aliphatic rings. The fourth-order valence-corrected chi connectivity index (χ4v) is 2.31. The molecule has 24 heavy (non-hydrogen) atoms. The zero-order valence-corrected chi connectivity index (χ0v) is 12.0. The molecule has 3 aromatic rings. The smallest absolute Gasteiger partial charge is 0.320 e. The molecule has 0 fully saturated rings. The van der Waals surface area contributed by atoms with Crippen LogP contribution in [-0.4, -0.2) is 16.1 Å².